The number of nitrogens with zero attached hydrogens (tertiary/aromatic N) is 5. The van der Waals surface area contributed by atoms with Gasteiger partial charge in [0.05, 0.1) is 19.5 Å². The molecule has 240 valence electrons. The fraction of sp³-hybridized carbons (Fsp3) is 0.476. The first-order valence-electron chi connectivity index (χ1n) is 11.9. The third kappa shape index (κ3) is 6.45. The van der Waals surface area contributed by atoms with E-state index < -0.39 is 87.2 Å². The molecular formula is C21H25F2N7O10P2S2. The summed E-state index contributed by atoms with van der Waals surface area (Å²) in [4.78, 5) is 50.6. The number of nitrogen functional groups attached to an aromatic ring is 1. The summed E-state index contributed by atoms with van der Waals surface area (Å²) in [5.41, 5.74) is 4.30. The van der Waals surface area contributed by atoms with Crippen molar-refractivity contribution in [2.45, 2.75) is 49.2 Å². The molecule has 6 heterocycles. The Morgan fingerprint density at radius 3 is 2.30 bits per heavy atom. The number of ether oxygens (including phenoxy) is 2. The first-order valence-corrected chi connectivity index (χ1v) is 17.1. The number of halogens is 2. The Labute approximate surface area is 257 Å². The molecule has 3 aromatic heterocycles. The zero-order chi connectivity index (χ0) is 30.0. The second kappa shape index (κ2) is 12.8. The van der Waals surface area contributed by atoms with E-state index in [1.807, 2.05) is 4.98 Å². The van der Waals surface area contributed by atoms with Crippen LogP contribution in [0, 0.1) is 14.9 Å². The average Bonchev–Trinajstić information content (AvgIpc) is 3.57. The lowest BCUT2D eigenvalue weighted by Gasteiger charge is -2.36. The lowest BCUT2D eigenvalue weighted by molar-refractivity contribution is -0.217. The first-order chi connectivity index (χ1) is 19.8. The van der Waals surface area contributed by atoms with Crippen LogP contribution < -0.4 is 21.9 Å². The Kier molecular flexibility index (Phi) is 9.99. The van der Waals surface area contributed by atoms with Crippen LogP contribution in [0.3, 0.4) is 0 Å². The van der Waals surface area contributed by atoms with E-state index in [1.54, 1.807) is 0 Å². The van der Waals surface area contributed by atoms with E-state index in [0.717, 1.165) is 18.6 Å². The lowest BCUT2D eigenvalue weighted by atomic mass is 10.1. The van der Waals surface area contributed by atoms with Gasteiger partial charge >= 0.3 is 5.69 Å². The van der Waals surface area contributed by atoms with Gasteiger partial charge in [0.1, 0.15) is 43.0 Å². The van der Waals surface area contributed by atoms with E-state index in [-0.39, 0.29) is 31.8 Å². The lowest BCUT2D eigenvalue weighted by Crippen LogP contribution is -2.39. The molecule has 3 fully saturated rings. The standard InChI is InChI=1S/C19H21F2N7O10P2S2.2CH3/c20-10-13-7(35-17(10)27-2-1-9(29)26-19(27)30)3-33-40(32,42)38-14-8(4-34-39(31,41)37-13)36-18(11(14)21)28-6-25-12-15(22)23-5-24-16(12)28;;/h1-2,5-8,10-11,13-14,17-18H,3-4H2,(H,31,41)(H,32,42)(H2,22,23,24)(H,26,29,30);2*1H3/q;2*+1/p-2/t7-,8-,10-,11-,13-,14-,17-,18-,39?,40?;;/m1../s1. The molecule has 44 heavy (non-hydrogen) atoms. The fourth-order valence-corrected chi connectivity index (χ4v) is 7.57. The molecule has 17 nitrogen and oxygen atoms in total. The van der Waals surface area contributed by atoms with E-state index in [2.05, 4.69) is 15.0 Å². The van der Waals surface area contributed by atoms with Gasteiger partial charge in [0.25, 0.3) is 5.56 Å². The summed E-state index contributed by atoms with van der Waals surface area (Å²) in [5, 5.41) is 0. The molecule has 0 aliphatic carbocycles. The maximum Gasteiger partial charge on any atom is 0.330 e. The Morgan fingerprint density at radius 2 is 1.64 bits per heavy atom. The molecule has 2 unspecified atom stereocenters. The van der Waals surface area contributed by atoms with Crippen LogP contribution in [0.5, 0.6) is 0 Å². The van der Waals surface area contributed by atoms with E-state index >= 15 is 8.78 Å². The van der Waals surface area contributed by atoms with Crippen LogP contribution in [-0.2, 0) is 56.2 Å². The maximum atomic E-state index is 15.8. The highest BCUT2D eigenvalue weighted by atomic mass is 32.7. The van der Waals surface area contributed by atoms with Crippen molar-refractivity contribution in [2.24, 2.45) is 0 Å². The van der Waals surface area contributed by atoms with Gasteiger partial charge in [-0.2, -0.15) is 0 Å². The minimum absolute atomic E-state index is 0. The summed E-state index contributed by atoms with van der Waals surface area (Å²) in [5.74, 6) is 0.0254. The van der Waals surface area contributed by atoms with Crippen molar-refractivity contribution in [3.63, 3.8) is 0 Å². The highest BCUT2D eigenvalue weighted by Crippen LogP contribution is 2.54. The SMILES string of the molecule is Nc1ncnc2c1ncn2[C@@H]1O[C@@H]2COP([O-])(=S)O[C@H]3[C@@H](F)[C@H](n4ccc(=O)[nH]c4=O)O[C@@H]3COP(=O)([S-])O[C@H]2[C@H]1F.[CH3+].[CH3+]. The van der Waals surface area contributed by atoms with Crippen LogP contribution in [0.1, 0.15) is 12.5 Å². The molecule has 0 amide bonds. The van der Waals surface area contributed by atoms with Crippen molar-refractivity contribution < 1.29 is 45.8 Å². The maximum absolute atomic E-state index is 15.8. The number of aromatic nitrogens is 6. The molecule has 3 N–H and O–H groups in total. The van der Waals surface area contributed by atoms with Crippen LogP contribution in [0.2, 0.25) is 0 Å². The third-order valence-electron chi connectivity index (χ3n) is 6.62. The van der Waals surface area contributed by atoms with Gasteiger partial charge in [0.15, 0.2) is 43.1 Å². The van der Waals surface area contributed by atoms with Crippen molar-refractivity contribution in [1.29, 1.82) is 0 Å². The summed E-state index contributed by atoms with van der Waals surface area (Å²) in [6.07, 6.45) is -10.6. The van der Waals surface area contributed by atoms with Crippen LogP contribution >= 0.6 is 13.5 Å². The number of alkyl halides is 2. The molecule has 3 aromatic rings. The molecule has 0 aromatic carbocycles. The van der Waals surface area contributed by atoms with Crippen molar-refractivity contribution in [3.8, 4) is 0 Å². The molecule has 0 bridgehead atoms. The number of nitrogens with one attached hydrogen (secondary N) is 1. The molecule has 0 saturated carbocycles. The van der Waals surface area contributed by atoms with Crippen molar-refractivity contribution >= 4 is 54.6 Å². The molecule has 23 heteroatoms. The van der Waals surface area contributed by atoms with Gasteiger partial charge in [-0.05, 0) is 0 Å². The number of aromatic amines is 1. The molecule has 3 aliphatic heterocycles. The molecular weight excluding hydrogens is 674 g/mol. The number of rotatable bonds is 2. The zero-order valence-corrected chi connectivity index (χ0v) is 26.1. The quantitative estimate of drug-likeness (QED) is 0.210. The first kappa shape index (κ1) is 34.5. The smallest absolute Gasteiger partial charge is 0.330 e. The Bertz CT molecular complexity index is 1730. The number of fused-ring (bicyclic) bond motifs is 3. The minimum atomic E-state index is -4.56. The number of imidazole rings is 1. The van der Waals surface area contributed by atoms with Gasteiger partial charge in [-0.15, -0.1) is 0 Å². The molecule has 0 spiro atoms. The van der Waals surface area contributed by atoms with Gasteiger partial charge in [-0.1, -0.05) is 11.8 Å². The van der Waals surface area contributed by atoms with Crippen LogP contribution in [0.4, 0.5) is 14.6 Å². The summed E-state index contributed by atoms with van der Waals surface area (Å²) >= 11 is 9.90. The summed E-state index contributed by atoms with van der Waals surface area (Å²) in [6.45, 7) is -10.6. The molecule has 0 radical (unpaired) electrons. The number of nitrogens with two attached hydrogens (primary N) is 1. The van der Waals surface area contributed by atoms with Crippen molar-refractivity contribution in [1.82, 2.24) is 29.1 Å². The Balaban J connectivity index is 0.00000221. The summed E-state index contributed by atoms with van der Waals surface area (Å²) in [7, 11) is 0. The van der Waals surface area contributed by atoms with Crippen LogP contribution in [0.15, 0.2) is 34.5 Å². The topological polar surface area (TPSA) is 220 Å². The number of anilines is 1. The Hall–Kier alpha value is -2.42. The third-order valence-corrected chi connectivity index (χ3v) is 9.70. The predicted molar refractivity (Wildman–Crippen MR) is 152 cm³/mol. The van der Waals surface area contributed by atoms with E-state index in [1.165, 1.54) is 10.9 Å². The zero-order valence-electron chi connectivity index (χ0n) is 22.7. The van der Waals surface area contributed by atoms with Gasteiger partial charge in [-0.25, -0.2) is 28.5 Å². The number of hydrogen-bond acceptors (Lipinski definition) is 16. The fourth-order valence-electron chi connectivity index (χ4n) is 4.73. The van der Waals surface area contributed by atoms with E-state index in [4.69, 9.17) is 57.4 Å². The molecule has 3 aliphatic rings. The highest BCUT2D eigenvalue weighted by Gasteiger charge is 2.52. The highest BCUT2D eigenvalue weighted by molar-refractivity contribution is 8.32. The average molecular weight is 700 g/mol. The largest absolute Gasteiger partial charge is 0.780 e. The van der Waals surface area contributed by atoms with E-state index in [0.29, 0.717) is 4.57 Å². The number of H-pyrrole nitrogens is 1. The monoisotopic (exact) mass is 699 g/mol. The molecule has 10 atom stereocenters. The second-order valence-electron chi connectivity index (χ2n) is 9.25. The Morgan fingerprint density at radius 1 is 1.02 bits per heavy atom. The predicted octanol–water partition coefficient (Wildman–Crippen LogP) is 0.387. The minimum Gasteiger partial charge on any atom is -0.780 e. The van der Waals surface area contributed by atoms with Crippen molar-refractivity contribution in [3.05, 3.63) is 60.6 Å². The second-order valence-corrected chi connectivity index (χ2v) is 14.7. The summed E-state index contributed by atoms with van der Waals surface area (Å²) in [6, 6.07) is 0.944. The van der Waals surface area contributed by atoms with Gasteiger partial charge in [0.2, 0.25) is 0 Å². The van der Waals surface area contributed by atoms with Crippen LogP contribution in [0.25, 0.3) is 11.2 Å². The van der Waals surface area contributed by atoms with Gasteiger partial charge < -0.3 is 50.4 Å². The molecule has 3 saturated heterocycles. The summed E-state index contributed by atoms with van der Waals surface area (Å²) < 4.78 is 78.9. The van der Waals surface area contributed by atoms with E-state index in [9.17, 15) is 19.0 Å². The normalized spacial score (nSPS) is 37.5. The van der Waals surface area contributed by atoms with Crippen LogP contribution in [-0.4, -0.2) is 79.0 Å². The van der Waals surface area contributed by atoms with Gasteiger partial charge in [-0.3, -0.25) is 23.5 Å². The van der Waals surface area contributed by atoms with Crippen molar-refractivity contribution in [2.75, 3.05) is 18.9 Å². The van der Waals surface area contributed by atoms with Gasteiger partial charge in [0, 0.05) is 27.1 Å². The molecule has 6 rings (SSSR count). The number of hydrogen-bond donors (Lipinski definition) is 2.